The Labute approximate surface area is 219 Å². The Morgan fingerprint density at radius 3 is 2.44 bits per heavy atom. The number of aliphatic imine (C=N–C) groups is 1. The van der Waals surface area contributed by atoms with Crippen molar-refractivity contribution >= 4 is 38.8 Å². The Balaban J connectivity index is 0.000000233. The van der Waals surface area contributed by atoms with Gasteiger partial charge < -0.3 is 9.47 Å². The van der Waals surface area contributed by atoms with Crippen LogP contribution in [0.25, 0.3) is 16.6 Å². The number of benzene rings is 2. The molecule has 0 amide bonds. The van der Waals surface area contributed by atoms with E-state index in [9.17, 15) is 8.42 Å². The Morgan fingerprint density at radius 1 is 1.03 bits per heavy atom. The molecule has 2 heterocycles. The van der Waals surface area contributed by atoms with Crippen molar-refractivity contribution in [1.29, 1.82) is 0 Å². The maximum absolute atomic E-state index is 10.5. The zero-order chi connectivity index (χ0) is 25.4. The monoisotopic (exact) mass is 528 g/mol. The van der Waals surface area contributed by atoms with Crippen molar-refractivity contribution in [2.24, 2.45) is 10.1 Å². The molecule has 0 radical (unpaired) electrons. The molecule has 0 spiro atoms. The molecule has 2 aliphatic rings. The first-order valence-corrected chi connectivity index (χ1v) is 15.1. The number of nitrogens with zero attached hydrogens (tertiary/aromatic N) is 3. The molecule has 5 rings (SSSR count). The molecule has 7 nitrogen and oxygen atoms in total. The lowest BCUT2D eigenvalue weighted by molar-refractivity contribution is 0.162. The van der Waals surface area contributed by atoms with E-state index in [1.54, 1.807) is 0 Å². The fourth-order valence-electron chi connectivity index (χ4n) is 4.74. The van der Waals surface area contributed by atoms with Gasteiger partial charge in [-0.3, -0.25) is 9.18 Å². The lowest BCUT2D eigenvalue weighted by atomic mass is 9.98. The van der Waals surface area contributed by atoms with Gasteiger partial charge >= 0.3 is 10.3 Å². The van der Waals surface area contributed by atoms with E-state index >= 15 is 0 Å². The van der Waals surface area contributed by atoms with Gasteiger partial charge in [0.15, 0.2) is 0 Å². The maximum atomic E-state index is 10.5. The predicted molar refractivity (Wildman–Crippen MR) is 149 cm³/mol. The third-order valence-electron chi connectivity index (χ3n) is 6.51. The number of para-hydroxylation sites is 2. The second-order valence-corrected chi connectivity index (χ2v) is 11.6. The molecule has 1 aliphatic heterocycles. The minimum Gasteiger partial charge on any atom is -0.363 e. The van der Waals surface area contributed by atoms with E-state index in [0.29, 0.717) is 0 Å². The van der Waals surface area contributed by atoms with E-state index in [1.807, 2.05) is 11.8 Å². The number of likely N-dealkylation sites (tertiary alicyclic amines) is 1. The standard InChI is InChI=1S/C21H23N3S.C6H13NO3S/c1-23-14-7-12-21(23)22-13-15-25-20-16-24(17-8-3-2-4-9-17)19-11-6-5-10-18(19)20;7-11(8,9)10-6-4-2-1-3-5-6/h2-6,8-11,16H,7,12-15H2,1H3;6H,1-5H2,(H2,7,8,9). The normalized spacial score (nSPS) is 17.9. The molecule has 1 saturated heterocycles. The molecule has 36 heavy (non-hydrogen) atoms. The highest BCUT2D eigenvalue weighted by atomic mass is 32.2. The molecule has 0 atom stereocenters. The van der Waals surface area contributed by atoms with Crippen molar-refractivity contribution in [3.8, 4) is 5.69 Å². The Hall–Kier alpha value is -2.33. The average Bonchev–Trinajstić information content (AvgIpc) is 3.46. The molecule has 2 N–H and O–H groups in total. The maximum Gasteiger partial charge on any atom is 0.333 e. The lowest BCUT2D eigenvalue weighted by Crippen LogP contribution is -2.25. The van der Waals surface area contributed by atoms with Crippen molar-refractivity contribution in [1.82, 2.24) is 9.47 Å². The van der Waals surface area contributed by atoms with Crippen LogP contribution in [0.5, 0.6) is 0 Å². The molecule has 194 valence electrons. The molecule has 1 aliphatic carbocycles. The van der Waals surface area contributed by atoms with E-state index in [4.69, 9.17) is 10.1 Å². The van der Waals surface area contributed by atoms with E-state index in [2.05, 4.69) is 81.5 Å². The smallest absolute Gasteiger partial charge is 0.333 e. The van der Waals surface area contributed by atoms with Crippen molar-refractivity contribution in [3.63, 3.8) is 0 Å². The molecule has 0 bridgehead atoms. The zero-order valence-electron chi connectivity index (χ0n) is 20.9. The number of thioether (sulfide) groups is 1. The van der Waals surface area contributed by atoms with Crippen LogP contribution in [0.2, 0.25) is 0 Å². The summed E-state index contributed by atoms with van der Waals surface area (Å²) >= 11 is 1.90. The van der Waals surface area contributed by atoms with Gasteiger partial charge in [0.25, 0.3) is 0 Å². The van der Waals surface area contributed by atoms with E-state index in [0.717, 1.165) is 50.9 Å². The summed E-state index contributed by atoms with van der Waals surface area (Å²) in [5, 5.41) is 6.04. The highest BCUT2D eigenvalue weighted by molar-refractivity contribution is 7.99. The number of amidine groups is 1. The summed E-state index contributed by atoms with van der Waals surface area (Å²) in [7, 11) is -1.58. The molecule has 9 heteroatoms. The van der Waals surface area contributed by atoms with Crippen LogP contribution in [0.1, 0.15) is 44.9 Å². The predicted octanol–water partition coefficient (Wildman–Crippen LogP) is 5.39. The van der Waals surface area contributed by atoms with Gasteiger partial charge in [0, 0.05) is 47.9 Å². The third-order valence-corrected chi connectivity index (χ3v) is 8.07. The minimum atomic E-state index is -3.72. The van der Waals surface area contributed by atoms with Crippen molar-refractivity contribution < 1.29 is 12.6 Å². The number of nitrogens with two attached hydrogens (primary N) is 1. The number of hydrogen-bond donors (Lipinski definition) is 1. The van der Waals surface area contributed by atoms with Crippen LogP contribution in [0.15, 0.2) is 70.7 Å². The van der Waals surface area contributed by atoms with Crippen LogP contribution in [-0.4, -0.2) is 55.7 Å². The van der Waals surface area contributed by atoms with Gasteiger partial charge in [-0.2, -0.15) is 8.42 Å². The van der Waals surface area contributed by atoms with E-state index in [1.165, 1.54) is 40.2 Å². The summed E-state index contributed by atoms with van der Waals surface area (Å²) in [6.45, 7) is 2.03. The summed E-state index contributed by atoms with van der Waals surface area (Å²) in [4.78, 5) is 8.40. The van der Waals surface area contributed by atoms with E-state index < -0.39 is 10.3 Å². The fraction of sp³-hybridized carbons (Fsp3) is 0.444. The molecule has 1 aromatic heterocycles. The quantitative estimate of drug-likeness (QED) is 0.328. The van der Waals surface area contributed by atoms with Gasteiger partial charge in [-0.15, -0.1) is 11.8 Å². The molecular weight excluding hydrogens is 492 g/mol. The second kappa shape index (κ2) is 12.8. The van der Waals surface area contributed by atoms with Crippen LogP contribution in [-0.2, 0) is 14.5 Å². The molecule has 3 aromatic rings. The summed E-state index contributed by atoms with van der Waals surface area (Å²) in [6, 6.07) is 19.2. The van der Waals surface area contributed by atoms with Crippen molar-refractivity contribution in [2.45, 2.75) is 55.9 Å². The lowest BCUT2D eigenvalue weighted by Gasteiger charge is -2.19. The van der Waals surface area contributed by atoms with Crippen molar-refractivity contribution in [3.05, 3.63) is 60.8 Å². The first kappa shape index (κ1) is 26.7. The van der Waals surface area contributed by atoms with Crippen LogP contribution in [0.3, 0.4) is 0 Å². The first-order valence-electron chi connectivity index (χ1n) is 12.6. The van der Waals surface area contributed by atoms with Crippen LogP contribution in [0.4, 0.5) is 0 Å². The zero-order valence-corrected chi connectivity index (χ0v) is 22.5. The fourth-order valence-corrected chi connectivity index (χ4v) is 6.22. The molecule has 2 aromatic carbocycles. The first-order chi connectivity index (χ1) is 17.4. The summed E-state index contributed by atoms with van der Waals surface area (Å²) in [6.07, 6.45) is 9.36. The van der Waals surface area contributed by atoms with Gasteiger partial charge in [0.05, 0.1) is 24.0 Å². The largest absolute Gasteiger partial charge is 0.363 e. The highest BCUT2D eigenvalue weighted by Crippen LogP contribution is 2.32. The average molecular weight is 529 g/mol. The van der Waals surface area contributed by atoms with E-state index in [-0.39, 0.29) is 6.10 Å². The van der Waals surface area contributed by atoms with Crippen LogP contribution >= 0.6 is 11.8 Å². The summed E-state index contributed by atoms with van der Waals surface area (Å²) < 4.78 is 27.8. The van der Waals surface area contributed by atoms with Gasteiger partial charge in [-0.25, -0.2) is 5.14 Å². The molecule has 0 unspecified atom stereocenters. The molecule has 1 saturated carbocycles. The number of hydrogen-bond acceptors (Lipinski definition) is 5. The number of rotatable bonds is 7. The number of aromatic nitrogens is 1. The Bertz CT molecular complexity index is 1250. The number of fused-ring (bicyclic) bond motifs is 1. The van der Waals surface area contributed by atoms with Crippen LogP contribution < -0.4 is 5.14 Å². The van der Waals surface area contributed by atoms with Gasteiger partial charge in [0.1, 0.15) is 0 Å². The van der Waals surface area contributed by atoms with Gasteiger partial charge in [0.2, 0.25) is 0 Å². The topological polar surface area (TPSA) is 89.9 Å². The Morgan fingerprint density at radius 2 is 1.75 bits per heavy atom. The van der Waals surface area contributed by atoms with Gasteiger partial charge in [-0.05, 0) is 37.5 Å². The Kier molecular flexibility index (Phi) is 9.47. The molecule has 2 fully saturated rings. The third kappa shape index (κ3) is 7.59. The summed E-state index contributed by atoms with van der Waals surface area (Å²) in [5.74, 6) is 2.28. The van der Waals surface area contributed by atoms with Crippen molar-refractivity contribution in [2.75, 3.05) is 25.9 Å². The van der Waals surface area contributed by atoms with Crippen LogP contribution in [0, 0.1) is 0 Å². The molecular formula is C27H36N4O3S2. The second-order valence-electron chi connectivity index (χ2n) is 9.24. The SMILES string of the molecule is CN1CCCC1=NCCSc1cn(-c2ccccc2)c2ccccc12.NS(=O)(=O)OC1CCCCC1. The highest BCUT2D eigenvalue weighted by Gasteiger charge is 2.18. The minimum absolute atomic E-state index is 0.168. The van der Waals surface area contributed by atoms with Gasteiger partial charge in [-0.1, -0.05) is 55.7 Å². The summed E-state index contributed by atoms with van der Waals surface area (Å²) in [5.41, 5.74) is 2.47.